The Kier molecular flexibility index (Phi) is 5.89. The molecule has 1 aliphatic rings. The first-order valence-corrected chi connectivity index (χ1v) is 9.60. The summed E-state index contributed by atoms with van der Waals surface area (Å²) in [6.45, 7) is 6.69. The third-order valence-corrected chi connectivity index (χ3v) is 5.43. The molecule has 0 spiro atoms. The molecule has 2 aromatic rings. The summed E-state index contributed by atoms with van der Waals surface area (Å²) in [4.78, 5) is 31.2. The Morgan fingerprint density at radius 1 is 1.22 bits per heavy atom. The molecule has 1 N–H and O–H groups in total. The number of hydrogen-bond donors (Lipinski definition) is 1. The summed E-state index contributed by atoms with van der Waals surface area (Å²) in [7, 11) is 0. The van der Waals surface area contributed by atoms with Crippen molar-refractivity contribution in [2.45, 2.75) is 45.6 Å². The van der Waals surface area contributed by atoms with Gasteiger partial charge in [0.05, 0.1) is 12.0 Å². The van der Waals surface area contributed by atoms with Gasteiger partial charge in [0.2, 0.25) is 11.8 Å². The lowest BCUT2D eigenvalue weighted by Gasteiger charge is -2.23. The first-order chi connectivity index (χ1) is 13.0. The molecule has 5 nitrogen and oxygen atoms in total. The molecule has 0 aliphatic carbocycles. The molecule has 27 heavy (non-hydrogen) atoms. The molecule has 3 atom stereocenters. The standard InChI is InChI=1S/C22H27N3O2/c1-4-15(2)19-7-5-6-8-20(19)25-14-18(13-21(25)26)22(27)24-16(3)17-9-11-23-12-10-17/h5-12,15-16,18H,4,13-14H2,1-3H3,(H,24,27). The van der Waals surface area contributed by atoms with E-state index in [0.29, 0.717) is 12.5 Å². The van der Waals surface area contributed by atoms with E-state index in [1.807, 2.05) is 37.3 Å². The van der Waals surface area contributed by atoms with Crippen LogP contribution in [0.4, 0.5) is 5.69 Å². The average Bonchev–Trinajstić information content (AvgIpc) is 3.09. The number of hydrogen-bond acceptors (Lipinski definition) is 3. The zero-order valence-corrected chi connectivity index (χ0v) is 16.2. The third kappa shape index (κ3) is 4.18. The lowest BCUT2D eigenvalue weighted by Crippen LogP contribution is -2.34. The first kappa shape index (κ1) is 19.1. The zero-order chi connectivity index (χ0) is 19.4. The van der Waals surface area contributed by atoms with Gasteiger partial charge in [0.1, 0.15) is 0 Å². The molecule has 1 aromatic heterocycles. The van der Waals surface area contributed by atoms with Crippen molar-refractivity contribution < 1.29 is 9.59 Å². The van der Waals surface area contributed by atoms with E-state index < -0.39 is 0 Å². The predicted octanol–water partition coefficient (Wildman–Crippen LogP) is 3.83. The van der Waals surface area contributed by atoms with Gasteiger partial charge < -0.3 is 10.2 Å². The van der Waals surface area contributed by atoms with Crippen molar-refractivity contribution in [3.63, 3.8) is 0 Å². The van der Waals surface area contributed by atoms with Crippen LogP contribution in [0, 0.1) is 5.92 Å². The molecule has 0 bridgehead atoms. The number of anilines is 1. The minimum absolute atomic E-state index is 0.0162. The average molecular weight is 365 g/mol. The van der Waals surface area contributed by atoms with Gasteiger partial charge in [-0.1, -0.05) is 32.0 Å². The van der Waals surface area contributed by atoms with Gasteiger partial charge >= 0.3 is 0 Å². The lowest BCUT2D eigenvalue weighted by atomic mass is 9.96. The molecule has 2 amide bonds. The van der Waals surface area contributed by atoms with Gasteiger partial charge in [0, 0.05) is 31.0 Å². The summed E-state index contributed by atoms with van der Waals surface area (Å²) in [5.74, 6) is -0.0148. The molecule has 0 radical (unpaired) electrons. The van der Waals surface area contributed by atoms with Gasteiger partial charge in [0.15, 0.2) is 0 Å². The van der Waals surface area contributed by atoms with E-state index in [0.717, 1.165) is 17.7 Å². The highest BCUT2D eigenvalue weighted by atomic mass is 16.2. The molecule has 1 aromatic carbocycles. The fourth-order valence-corrected chi connectivity index (χ4v) is 3.55. The quantitative estimate of drug-likeness (QED) is 0.846. The molecule has 5 heteroatoms. The topological polar surface area (TPSA) is 62.3 Å². The Hall–Kier alpha value is -2.69. The van der Waals surface area contributed by atoms with Gasteiger partial charge in [-0.3, -0.25) is 14.6 Å². The molecule has 142 valence electrons. The van der Waals surface area contributed by atoms with Gasteiger partial charge in [-0.15, -0.1) is 0 Å². The Bertz CT molecular complexity index is 806. The van der Waals surface area contributed by atoms with E-state index in [1.165, 1.54) is 5.56 Å². The van der Waals surface area contributed by atoms with Crippen molar-refractivity contribution in [2.75, 3.05) is 11.4 Å². The van der Waals surface area contributed by atoms with Crippen LogP contribution in [0.1, 0.15) is 56.7 Å². The monoisotopic (exact) mass is 365 g/mol. The SMILES string of the molecule is CCC(C)c1ccccc1N1CC(C(=O)NC(C)c2ccncc2)CC1=O. The van der Waals surface area contributed by atoms with Crippen LogP contribution in [-0.4, -0.2) is 23.3 Å². The largest absolute Gasteiger partial charge is 0.349 e. The maximum atomic E-state index is 12.7. The highest BCUT2D eigenvalue weighted by Gasteiger charge is 2.36. The highest BCUT2D eigenvalue weighted by molar-refractivity contribution is 6.01. The molecule has 3 unspecified atom stereocenters. The highest BCUT2D eigenvalue weighted by Crippen LogP contribution is 2.33. The van der Waals surface area contributed by atoms with E-state index in [1.54, 1.807) is 17.3 Å². The van der Waals surface area contributed by atoms with Crippen LogP contribution in [0.3, 0.4) is 0 Å². The normalized spacial score (nSPS) is 19.0. The van der Waals surface area contributed by atoms with Crippen LogP contribution >= 0.6 is 0 Å². The fraction of sp³-hybridized carbons (Fsp3) is 0.409. The van der Waals surface area contributed by atoms with Gasteiger partial charge in [-0.25, -0.2) is 0 Å². The minimum Gasteiger partial charge on any atom is -0.349 e. The van der Waals surface area contributed by atoms with Crippen LogP contribution in [0.2, 0.25) is 0 Å². The third-order valence-electron chi connectivity index (χ3n) is 5.43. The molecule has 3 rings (SSSR count). The second-order valence-corrected chi connectivity index (χ2v) is 7.28. The van der Waals surface area contributed by atoms with Crippen molar-refractivity contribution in [1.82, 2.24) is 10.3 Å². The number of nitrogens with zero attached hydrogens (tertiary/aromatic N) is 2. The van der Waals surface area contributed by atoms with E-state index in [-0.39, 0.29) is 30.2 Å². The number of para-hydroxylation sites is 1. The van der Waals surface area contributed by atoms with Crippen molar-refractivity contribution in [3.05, 3.63) is 59.9 Å². The summed E-state index contributed by atoms with van der Waals surface area (Å²) in [5.41, 5.74) is 3.11. The summed E-state index contributed by atoms with van der Waals surface area (Å²) < 4.78 is 0. The summed E-state index contributed by atoms with van der Waals surface area (Å²) in [5, 5.41) is 3.03. The van der Waals surface area contributed by atoms with E-state index >= 15 is 0 Å². The van der Waals surface area contributed by atoms with Crippen molar-refractivity contribution in [3.8, 4) is 0 Å². The van der Waals surface area contributed by atoms with Gasteiger partial charge in [-0.2, -0.15) is 0 Å². The summed E-state index contributed by atoms with van der Waals surface area (Å²) in [6, 6.07) is 11.7. The summed E-state index contributed by atoms with van der Waals surface area (Å²) >= 11 is 0. The van der Waals surface area contributed by atoms with Gasteiger partial charge in [-0.05, 0) is 48.6 Å². The summed E-state index contributed by atoms with van der Waals surface area (Å²) in [6.07, 6.45) is 4.69. The van der Waals surface area contributed by atoms with Crippen LogP contribution < -0.4 is 10.2 Å². The number of carbonyl (C=O) groups is 2. The molecule has 1 fully saturated rings. The zero-order valence-electron chi connectivity index (χ0n) is 16.2. The fourth-order valence-electron chi connectivity index (χ4n) is 3.55. The maximum Gasteiger partial charge on any atom is 0.227 e. The maximum absolute atomic E-state index is 12.7. The van der Waals surface area contributed by atoms with Crippen LogP contribution in [-0.2, 0) is 9.59 Å². The number of benzene rings is 1. The Morgan fingerprint density at radius 2 is 1.93 bits per heavy atom. The number of amides is 2. The minimum atomic E-state index is -0.327. The second-order valence-electron chi connectivity index (χ2n) is 7.28. The Balaban J connectivity index is 1.71. The number of rotatable bonds is 6. The number of pyridine rings is 1. The van der Waals surface area contributed by atoms with Crippen LogP contribution in [0.15, 0.2) is 48.8 Å². The van der Waals surface area contributed by atoms with Crippen molar-refractivity contribution in [2.24, 2.45) is 5.92 Å². The van der Waals surface area contributed by atoms with Crippen LogP contribution in [0.5, 0.6) is 0 Å². The van der Waals surface area contributed by atoms with Crippen LogP contribution in [0.25, 0.3) is 0 Å². The number of carbonyl (C=O) groups excluding carboxylic acids is 2. The first-order valence-electron chi connectivity index (χ1n) is 9.60. The van der Waals surface area contributed by atoms with E-state index in [2.05, 4.69) is 30.2 Å². The predicted molar refractivity (Wildman–Crippen MR) is 106 cm³/mol. The van der Waals surface area contributed by atoms with E-state index in [4.69, 9.17) is 0 Å². The lowest BCUT2D eigenvalue weighted by molar-refractivity contribution is -0.126. The van der Waals surface area contributed by atoms with Crippen molar-refractivity contribution >= 4 is 17.5 Å². The van der Waals surface area contributed by atoms with Gasteiger partial charge in [0.25, 0.3) is 0 Å². The molecule has 0 saturated carbocycles. The molecule has 1 aliphatic heterocycles. The molecular formula is C22H27N3O2. The van der Waals surface area contributed by atoms with E-state index in [9.17, 15) is 9.59 Å². The number of nitrogens with one attached hydrogen (secondary N) is 1. The Labute approximate surface area is 160 Å². The second kappa shape index (κ2) is 8.33. The molecule has 1 saturated heterocycles. The molecular weight excluding hydrogens is 338 g/mol. The number of aromatic nitrogens is 1. The smallest absolute Gasteiger partial charge is 0.227 e. The Morgan fingerprint density at radius 3 is 2.63 bits per heavy atom. The molecule has 2 heterocycles. The van der Waals surface area contributed by atoms with Crippen molar-refractivity contribution in [1.29, 1.82) is 0 Å².